The van der Waals surface area contributed by atoms with Crippen LogP contribution in [0.3, 0.4) is 0 Å². The molecule has 20 heavy (non-hydrogen) atoms. The second-order valence-corrected chi connectivity index (χ2v) is 6.08. The van der Waals surface area contributed by atoms with Crippen molar-refractivity contribution in [2.75, 3.05) is 27.4 Å². The number of rotatable bonds is 9. The minimum Gasteiger partial charge on any atom is -0.496 e. The Hall–Kier alpha value is -0.580. The molecular weight excluding hydrogens is 318 g/mol. The third kappa shape index (κ3) is 5.81. The maximum absolute atomic E-state index is 5.27. The Morgan fingerprint density at radius 2 is 2.05 bits per heavy atom. The highest BCUT2D eigenvalue weighted by Crippen LogP contribution is 2.26. The van der Waals surface area contributed by atoms with E-state index < -0.39 is 0 Å². The monoisotopic (exact) mass is 343 g/mol. The first-order chi connectivity index (χ1) is 9.60. The smallest absolute Gasteiger partial charge is 0.133 e. The summed E-state index contributed by atoms with van der Waals surface area (Å²) in [6.45, 7) is 6.19. The van der Waals surface area contributed by atoms with Gasteiger partial charge in [0.05, 0.1) is 11.6 Å². The van der Waals surface area contributed by atoms with Gasteiger partial charge in [-0.2, -0.15) is 0 Å². The van der Waals surface area contributed by atoms with Crippen molar-refractivity contribution >= 4 is 15.9 Å². The van der Waals surface area contributed by atoms with Crippen LogP contribution in [0, 0.1) is 5.92 Å². The average molecular weight is 344 g/mol. The number of hydrogen-bond acceptors (Lipinski definition) is 3. The van der Waals surface area contributed by atoms with Crippen LogP contribution in [0.4, 0.5) is 0 Å². The third-order valence-corrected chi connectivity index (χ3v) is 3.95. The van der Waals surface area contributed by atoms with Crippen LogP contribution in [0.5, 0.6) is 5.75 Å². The van der Waals surface area contributed by atoms with Gasteiger partial charge in [-0.15, -0.1) is 0 Å². The minimum absolute atomic E-state index is 0.477. The maximum atomic E-state index is 5.27. The number of nitrogens with one attached hydrogen (secondary N) is 1. The molecule has 1 aromatic rings. The van der Waals surface area contributed by atoms with Gasteiger partial charge >= 0.3 is 0 Å². The summed E-state index contributed by atoms with van der Waals surface area (Å²) in [5.41, 5.74) is 1.31. The van der Waals surface area contributed by atoms with E-state index in [4.69, 9.17) is 9.47 Å². The van der Waals surface area contributed by atoms with Crippen LogP contribution in [-0.2, 0) is 11.2 Å². The summed E-state index contributed by atoms with van der Waals surface area (Å²) in [6.07, 6.45) is 2.13. The summed E-state index contributed by atoms with van der Waals surface area (Å²) in [4.78, 5) is 0. The number of hydrogen-bond donors (Lipinski definition) is 1. The molecule has 3 nitrogen and oxygen atoms in total. The van der Waals surface area contributed by atoms with Crippen LogP contribution >= 0.6 is 15.9 Å². The highest BCUT2D eigenvalue weighted by molar-refractivity contribution is 9.10. The van der Waals surface area contributed by atoms with E-state index in [1.807, 2.05) is 6.07 Å². The van der Waals surface area contributed by atoms with Gasteiger partial charge in [0.1, 0.15) is 5.75 Å². The molecular formula is C16H26BrNO2. The van der Waals surface area contributed by atoms with Crippen LogP contribution in [0.2, 0.25) is 0 Å². The van der Waals surface area contributed by atoms with Crippen LogP contribution in [0.15, 0.2) is 22.7 Å². The second kappa shape index (κ2) is 9.37. The van der Waals surface area contributed by atoms with E-state index in [1.165, 1.54) is 5.56 Å². The molecule has 0 aliphatic heterocycles. The van der Waals surface area contributed by atoms with Gasteiger partial charge in [0.2, 0.25) is 0 Å². The number of likely N-dealkylation sites (N-methyl/N-ethyl adjacent to an activating group) is 1. The molecule has 0 saturated carbocycles. The van der Waals surface area contributed by atoms with Gasteiger partial charge in [-0.05, 0) is 58.9 Å². The molecule has 114 valence electrons. The lowest BCUT2D eigenvalue weighted by atomic mass is 9.96. The van der Waals surface area contributed by atoms with Gasteiger partial charge in [0.25, 0.3) is 0 Å². The molecule has 4 heteroatoms. The van der Waals surface area contributed by atoms with Crippen LogP contribution in [0.1, 0.15) is 25.8 Å². The largest absolute Gasteiger partial charge is 0.496 e. The Morgan fingerprint density at radius 3 is 2.60 bits per heavy atom. The summed E-state index contributed by atoms with van der Waals surface area (Å²) in [5, 5.41) is 3.57. The van der Waals surface area contributed by atoms with Crippen molar-refractivity contribution < 1.29 is 9.47 Å². The fourth-order valence-electron chi connectivity index (χ4n) is 2.49. The molecule has 0 heterocycles. The molecule has 0 bridgehead atoms. The van der Waals surface area contributed by atoms with E-state index >= 15 is 0 Å². The molecule has 0 fully saturated rings. The molecule has 0 saturated heterocycles. The quantitative estimate of drug-likeness (QED) is 0.742. The van der Waals surface area contributed by atoms with Crippen LogP contribution < -0.4 is 10.1 Å². The molecule has 1 N–H and O–H groups in total. The average Bonchev–Trinajstić information content (AvgIpc) is 2.39. The van der Waals surface area contributed by atoms with E-state index in [2.05, 4.69) is 47.2 Å². The summed E-state index contributed by atoms with van der Waals surface area (Å²) in [5.74, 6) is 1.44. The van der Waals surface area contributed by atoms with Crippen LogP contribution in [-0.4, -0.2) is 33.4 Å². The predicted molar refractivity (Wildman–Crippen MR) is 87.5 cm³/mol. The van der Waals surface area contributed by atoms with Crippen molar-refractivity contribution in [1.29, 1.82) is 0 Å². The molecule has 0 spiro atoms. The summed E-state index contributed by atoms with van der Waals surface area (Å²) in [7, 11) is 3.45. The van der Waals surface area contributed by atoms with Gasteiger partial charge in [-0.3, -0.25) is 0 Å². The lowest BCUT2D eigenvalue weighted by molar-refractivity contribution is 0.149. The maximum Gasteiger partial charge on any atom is 0.133 e. The molecule has 1 rings (SSSR count). The van der Waals surface area contributed by atoms with E-state index in [0.717, 1.165) is 36.2 Å². The summed E-state index contributed by atoms with van der Waals surface area (Å²) in [6, 6.07) is 6.77. The van der Waals surface area contributed by atoms with Crippen molar-refractivity contribution in [3.63, 3.8) is 0 Å². The van der Waals surface area contributed by atoms with E-state index in [0.29, 0.717) is 12.0 Å². The fourth-order valence-corrected chi connectivity index (χ4v) is 3.08. The number of halogens is 1. The van der Waals surface area contributed by atoms with Gasteiger partial charge in [-0.25, -0.2) is 0 Å². The Labute approximate surface area is 131 Å². The zero-order valence-electron chi connectivity index (χ0n) is 12.9. The van der Waals surface area contributed by atoms with Crippen molar-refractivity contribution in [3.8, 4) is 5.75 Å². The van der Waals surface area contributed by atoms with Crippen LogP contribution in [0.25, 0.3) is 0 Å². The Balaban J connectivity index is 2.67. The molecule has 0 aromatic heterocycles. The molecule has 0 aliphatic carbocycles. The number of methoxy groups -OCH3 is 2. The molecule has 0 aliphatic rings. The van der Waals surface area contributed by atoms with Gasteiger partial charge in [-0.1, -0.05) is 19.9 Å². The minimum atomic E-state index is 0.477. The van der Waals surface area contributed by atoms with Gasteiger partial charge < -0.3 is 14.8 Å². The van der Waals surface area contributed by atoms with E-state index in [1.54, 1.807) is 14.2 Å². The lowest BCUT2D eigenvalue weighted by Crippen LogP contribution is -2.33. The predicted octanol–water partition coefficient (Wildman–Crippen LogP) is 3.65. The standard InChI is InChI=1S/C16H26BrNO2/c1-5-18-14(8-12(2)11-19-3)9-13-6-7-16(20-4)15(17)10-13/h6-7,10,12,14,18H,5,8-9,11H2,1-4H3. The first-order valence-corrected chi connectivity index (χ1v) is 7.94. The Morgan fingerprint density at radius 1 is 1.30 bits per heavy atom. The molecule has 2 atom stereocenters. The summed E-state index contributed by atoms with van der Waals surface area (Å²) < 4.78 is 11.5. The SMILES string of the molecule is CCNC(Cc1ccc(OC)c(Br)c1)CC(C)COC. The molecule has 0 amide bonds. The zero-order valence-corrected chi connectivity index (χ0v) is 14.5. The number of benzene rings is 1. The van der Waals surface area contributed by atoms with Crippen molar-refractivity contribution in [2.24, 2.45) is 5.92 Å². The molecule has 0 radical (unpaired) electrons. The first-order valence-electron chi connectivity index (χ1n) is 7.15. The molecule has 2 unspecified atom stereocenters. The first kappa shape index (κ1) is 17.5. The highest BCUT2D eigenvalue weighted by atomic mass is 79.9. The topological polar surface area (TPSA) is 30.5 Å². The Bertz CT molecular complexity index is 398. The molecule has 1 aromatic carbocycles. The zero-order chi connectivity index (χ0) is 15.0. The highest BCUT2D eigenvalue weighted by Gasteiger charge is 2.14. The Kier molecular flexibility index (Phi) is 8.19. The van der Waals surface area contributed by atoms with E-state index in [-0.39, 0.29) is 0 Å². The van der Waals surface area contributed by atoms with Gasteiger partial charge in [0.15, 0.2) is 0 Å². The third-order valence-electron chi connectivity index (χ3n) is 3.33. The normalized spacial score (nSPS) is 14.1. The number of ether oxygens (including phenoxy) is 2. The summed E-state index contributed by atoms with van der Waals surface area (Å²) >= 11 is 3.55. The second-order valence-electron chi connectivity index (χ2n) is 5.22. The van der Waals surface area contributed by atoms with Crippen molar-refractivity contribution in [3.05, 3.63) is 28.2 Å². The fraction of sp³-hybridized carbons (Fsp3) is 0.625. The van der Waals surface area contributed by atoms with Crippen molar-refractivity contribution in [1.82, 2.24) is 5.32 Å². The lowest BCUT2D eigenvalue weighted by Gasteiger charge is -2.22. The van der Waals surface area contributed by atoms with Gasteiger partial charge in [0, 0.05) is 19.8 Å². The van der Waals surface area contributed by atoms with E-state index in [9.17, 15) is 0 Å². The van der Waals surface area contributed by atoms with Crippen molar-refractivity contribution in [2.45, 2.75) is 32.7 Å².